The molecule has 0 atom stereocenters. The van der Waals surface area contributed by atoms with Gasteiger partial charge in [-0.1, -0.05) is 48.0 Å². The SMILES string of the molecule is O=C(CSc1cccc2ccccc12)Nc1ccc(Cl)cn1. The summed E-state index contributed by atoms with van der Waals surface area (Å²) in [6, 6.07) is 17.6. The molecular weight excluding hydrogens is 316 g/mol. The maximum absolute atomic E-state index is 12.0. The Labute approximate surface area is 137 Å². The highest BCUT2D eigenvalue weighted by Gasteiger charge is 2.06. The molecule has 1 N–H and O–H groups in total. The lowest BCUT2D eigenvalue weighted by atomic mass is 10.1. The molecule has 0 bridgehead atoms. The van der Waals surface area contributed by atoms with E-state index >= 15 is 0 Å². The molecule has 0 saturated heterocycles. The molecule has 0 fully saturated rings. The first-order valence-corrected chi connectivity index (χ1v) is 8.11. The molecule has 3 nitrogen and oxygen atoms in total. The maximum atomic E-state index is 12.0. The van der Waals surface area contributed by atoms with E-state index in [4.69, 9.17) is 11.6 Å². The Kier molecular flexibility index (Phi) is 4.61. The zero-order chi connectivity index (χ0) is 15.4. The van der Waals surface area contributed by atoms with Crippen LogP contribution in [0.2, 0.25) is 5.02 Å². The summed E-state index contributed by atoms with van der Waals surface area (Å²) in [7, 11) is 0. The molecule has 0 aliphatic carbocycles. The smallest absolute Gasteiger partial charge is 0.235 e. The molecular formula is C17H13ClN2OS. The third-order valence-corrected chi connectivity index (χ3v) is 4.40. The molecule has 3 rings (SSSR count). The topological polar surface area (TPSA) is 42.0 Å². The van der Waals surface area contributed by atoms with Gasteiger partial charge in [0, 0.05) is 11.1 Å². The van der Waals surface area contributed by atoms with Crippen molar-refractivity contribution in [2.45, 2.75) is 4.90 Å². The Morgan fingerprint density at radius 1 is 1.09 bits per heavy atom. The fraction of sp³-hybridized carbons (Fsp3) is 0.0588. The number of nitrogens with zero attached hydrogens (tertiary/aromatic N) is 1. The van der Waals surface area contributed by atoms with Gasteiger partial charge in [0.2, 0.25) is 5.91 Å². The van der Waals surface area contributed by atoms with Crippen molar-refractivity contribution in [3.05, 3.63) is 65.8 Å². The van der Waals surface area contributed by atoms with Crippen LogP contribution in [0.25, 0.3) is 10.8 Å². The lowest BCUT2D eigenvalue weighted by molar-refractivity contribution is -0.113. The number of carbonyl (C=O) groups excluding carboxylic acids is 1. The Morgan fingerprint density at radius 3 is 2.73 bits per heavy atom. The monoisotopic (exact) mass is 328 g/mol. The molecule has 0 aliphatic rings. The number of thioether (sulfide) groups is 1. The van der Waals surface area contributed by atoms with Gasteiger partial charge in [0.1, 0.15) is 5.82 Å². The molecule has 110 valence electrons. The minimum Gasteiger partial charge on any atom is -0.310 e. The van der Waals surface area contributed by atoms with E-state index in [-0.39, 0.29) is 5.91 Å². The Bertz CT molecular complexity index is 800. The minimum absolute atomic E-state index is 0.0900. The van der Waals surface area contributed by atoms with Gasteiger partial charge < -0.3 is 5.32 Å². The molecule has 1 heterocycles. The summed E-state index contributed by atoms with van der Waals surface area (Å²) in [5, 5.41) is 5.64. The third kappa shape index (κ3) is 3.59. The average molecular weight is 329 g/mol. The molecule has 1 amide bonds. The molecule has 0 radical (unpaired) electrons. The lowest BCUT2D eigenvalue weighted by Crippen LogP contribution is -2.14. The van der Waals surface area contributed by atoms with Crippen molar-refractivity contribution >= 4 is 45.9 Å². The number of nitrogens with one attached hydrogen (secondary N) is 1. The highest BCUT2D eigenvalue weighted by Crippen LogP contribution is 2.27. The van der Waals surface area contributed by atoms with Gasteiger partial charge in [-0.3, -0.25) is 4.79 Å². The summed E-state index contributed by atoms with van der Waals surface area (Å²) in [5.41, 5.74) is 0. The number of rotatable bonds is 4. The highest BCUT2D eigenvalue weighted by atomic mass is 35.5. The molecule has 22 heavy (non-hydrogen) atoms. The zero-order valence-corrected chi connectivity index (χ0v) is 13.2. The van der Waals surface area contributed by atoms with Gasteiger partial charge >= 0.3 is 0 Å². The van der Waals surface area contributed by atoms with E-state index in [1.54, 1.807) is 12.1 Å². The largest absolute Gasteiger partial charge is 0.310 e. The Balaban J connectivity index is 1.66. The van der Waals surface area contributed by atoms with E-state index in [0.717, 1.165) is 10.3 Å². The number of fused-ring (bicyclic) bond motifs is 1. The van der Waals surface area contributed by atoms with Crippen LogP contribution in [0, 0.1) is 0 Å². The van der Waals surface area contributed by atoms with Crippen LogP contribution in [0.3, 0.4) is 0 Å². The predicted molar refractivity (Wildman–Crippen MR) is 92.5 cm³/mol. The summed E-state index contributed by atoms with van der Waals surface area (Å²) < 4.78 is 0. The third-order valence-electron chi connectivity index (χ3n) is 3.10. The molecule has 2 aromatic carbocycles. The van der Waals surface area contributed by atoms with Crippen molar-refractivity contribution in [3.63, 3.8) is 0 Å². The van der Waals surface area contributed by atoms with Gasteiger partial charge in [0.05, 0.1) is 10.8 Å². The molecule has 0 unspecified atom stereocenters. The van der Waals surface area contributed by atoms with E-state index in [1.807, 2.05) is 24.3 Å². The van der Waals surface area contributed by atoms with Crippen molar-refractivity contribution in [2.75, 3.05) is 11.1 Å². The first kappa shape index (κ1) is 14.9. The number of benzene rings is 2. The van der Waals surface area contributed by atoms with Crippen molar-refractivity contribution < 1.29 is 4.79 Å². The molecule has 0 aliphatic heterocycles. The second-order valence-corrected chi connectivity index (χ2v) is 6.13. The number of aromatic nitrogens is 1. The number of carbonyl (C=O) groups is 1. The molecule has 0 saturated carbocycles. The number of pyridine rings is 1. The van der Waals surface area contributed by atoms with Crippen LogP contribution in [0.5, 0.6) is 0 Å². The van der Waals surface area contributed by atoms with Crippen LogP contribution >= 0.6 is 23.4 Å². The maximum Gasteiger partial charge on any atom is 0.235 e. The summed E-state index contributed by atoms with van der Waals surface area (Å²) in [6.07, 6.45) is 1.51. The standard InChI is InChI=1S/C17H13ClN2OS/c18-13-8-9-16(19-10-13)20-17(21)11-22-15-7-3-5-12-4-1-2-6-14(12)15/h1-10H,11H2,(H,19,20,21). The first-order valence-electron chi connectivity index (χ1n) is 6.74. The van der Waals surface area contributed by atoms with Crippen molar-refractivity contribution in [2.24, 2.45) is 0 Å². The molecule has 3 aromatic rings. The zero-order valence-electron chi connectivity index (χ0n) is 11.6. The van der Waals surface area contributed by atoms with Crippen LogP contribution in [0.15, 0.2) is 65.7 Å². The van der Waals surface area contributed by atoms with E-state index < -0.39 is 0 Å². The summed E-state index contributed by atoms with van der Waals surface area (Å²) in [5.74, 6) is 0.749. The minimum atomic E-state index is -0.0900. The van der Waals surface area contributed by atoms with E-state index in [0.29, 0.717) is 16.6 Å². The fourth-order valence-electron chi connectivity index (χ4n) is 2.09. The highest BCUT2D eigenvalue weighted by molar-refractivity contribution is 8.00. The van der Waals surface area contributed by atoms with Crippen molar-refractivity contribution in [1.29, 1.82) is 0 Å². The number of hydrogen-bond donors (Lipinski definition) is 1. The van der Waals surface area contributed by atoms with Gasteiger partial charge in [-0.15, -0.1) is 11.8 Å². The number of halogens is 1. The Morgan fingerprint density at radius 2 is 1.91 bits per heavy atom. The van der Waals surface area contributed by atoms with Gasteiger partial charge in [0.15, 0.2) is 0 Å². The quantitative estimate of drug-likeness (QED) is 0.711. The average Bonchev–Trinajstić information content (AvgIpc) is 2.55. The van der Waals surface area contributed by atoms with E-state index in [9.17, 15) is 4.79 Å². The molecule has 5 heteroatoms. The molecule has 0 spiro atoms. The molecule has 1 aromatic heterocycles. The second-order valence-electron chi connectivity index (χ2n) is 4.68. The first-order chi connectivity index (χ1) is 10.7. The van der Waals surface area contributed by atoms with Crippen LogP contribution in [-0.2, 0) is 4.79 Å². The second kappa shape index (κ2) is 6.81. The number of hydrogen-bond acceptors (Lipinski definition) is 3. The summed E-state index contributed by atoms with van der Waals surface area (Å²) in [4.78, 5) is 17.1. The van der Waals surface area contributed by atoms with Crippen LogP contribution in [0.4, 0.5) is 5.82 Å². The van der Waals surface area contributed by atoms with E-state index in [2.05, 4.69) is 28.5 Å². The van der Waals surface area contributed by atoms with Crippen LogP contribution in [-0.4, -0.2) is 16.6 Å². The van der Waals surface area contributed by atoms with Gasteiger partial charge in [0.25, 0.3) is 0 Å². The summed E-state index contributed by atoms with van der Waals surface area (Å²) >= 11 is 7.28. The van der Waals surface area contributed by atoms with Gasteiger partial charge in [-0.2, -0.15) is 0 Å². The number of anilines is 1. The number of amides is 1. The lowest BCUT2D eigenvalue weighted by Gasteiger charge is -2.07. The normalized spacial score (nSPS) is 10.6. The fourth-order valence-corrected chi connectivity index (χ4v) is 3.08. The van der Waals surface area contributed by atoms with Crippen LogP contribution < -0.4 is 5.32 Å². The van der Waals surface area contributed by atoms with Crippen molar-refractivity contribution in [1.82, 2.24) is 4.98 Å². The van der Waals surface area contributed by atoms with Crippen LogP contribution in [0.1, 0.15) is 0 Å². The van der Waals surface area contributed by atoms with E-state index in [1.165, 1.54) is 23.3 Å². The van der Waals surface area contributed by atoms with Gasteiger partial charge in [-0.05, 0) is 29.0 Å². The van der Waals surface area contributed by atoms with Crippen molar-refractivity contribution in [3.8, 4) is 0 Å². The predicted octanol–water partition coefficient (Wildman–Crippen LogP) is 4.62. The van der Waals surface area contributed by atoms with Gasteiger partial charge in [-0.25, -0.2) is 4.98 Å². The Hall–Kier alpha value is -2.04. The summed E-state index contributed by atoms with van der Waals surface area (Å²) in [6.45, 7) is 0.